The van der Waals surface area contributed by atoms with E-state index < -0.39 is 27.4 Å². The lowest BCUT2D eigenvalue weighted by atomic mass is 9.45. The van der Waals surface area contributed by atoms with Crippen molar-refractivity contribution < 1.29 is 28.6 Å². The fourth-order valence-corrected chi connectivity index (χ4v) is 8.63. The van der Waals surface area contributed by atoms with E-state index in [0.29, 0.717) is 12.9 Å². The first-order valence-corrected chi connectivity index (χ1v) is 15.2. The molecule has 40 heavy (non-hydrogen) atoms. The maximum absolute atomic E-state index is 13.2. The van der Waals surface area contributed by atoms with Crippen LogP contribution in [-0.4, -0.2) is 39.7 Å². The van der Waals surface area contributed by atoms with Gasteiger partial charge in [-0.3, -0.25) is 14.4 Å². The molecule has 8 atom stereocenters. The van der Waals surface area contributed by atoms with Gasteiger partial charge in [-0.2, -0.15) is 0 Å². The Morgan fingerprint density at radius 2 is 1.88 bits per heavy atom. The van der Waals surface area contributed by atoms with Crippen LogP contribution in [0.5, 0.6) is 0 Å². The van der Waals surface area contributed by atoms with Crippen LogP contribution in [0, 0.1) is 35.5 Å². The Bertz CT molecular complexity index is 1090. The number of carbonyl (C=O) groups is 3. The molecule has 0 radical (unpaired) electrons. The third-order valence-electron chi connectivity index (χ3n) is 9.81. The zero-order chi connectivity index (χ0) is 30.5. The summed E-state index contributed by atoms with van der Waals surface area (Å²) in [6.45, 7) is 18.1. The summed E-state index contributed by atoms with van der Waals surface area (Å²) in [4.78, 5) is 35.8. The number of halogens is 1. The minimum atomic E-state index is -1.25. The largest absolute Gasteiger partial charge is 0.472 e. The van der Waals surface area contributed by atoms with Gasteiger partial charge in [0.1, 0.15) is 0 Å². The molecule has 0 aliphatic heterocycles. The number of carbonyl (C=O) groups excluding carboxylic acids is 3. The summed E-state index contributed by atoms with van der Waals surface area (Å²) in [5, 5.41) is 11.6. The smallest absolute Gasteiger partial charge is 0.294 e. The summed E-state index contributed by atoms with van der Waals surface area (Å²) in [7, 11) is 0. The van der Waals surface area contributed by atoms with E-state index >= 15 is 0 Å². The minimum Gasteiger partial charge on any atom is -0.472 e. The molecule has 7 heteroatoms. The Hall–Kier alpha value is -2.18. The molecule has 5 rings (SSSR count). The van der Waals surface area contributed by atoms with Crippen LogP contribution in [0.1, 0.15) is 93.1 Å². The molecule has 0 spiro atoms. The third kappa shape index (κ3) is 5.04. The summed E-state index contributed by atoms with van der Waals surface area (Å²) in [5.74, 6) is -0.347. The molecule has 0 amide bonds. The number of aryl methyl sites for hydroxylation is 1. The highest BCUT2D eigenvalue weighted by atomic mass is 35.5. The molecule has 4 aliphatic carbocycles. The van der Waals surface area contributed by atoms with Crippen LogP contribution in [0.25, 0.3) is 0 Å². The molecule has 4 aliphatic rings. The fourth-order valence-electron chi connectivity index (χ4n) is 8.11. The first-order valence-electron chi connectivity index (χ1n) is 14.9. The van der Waals surface area contributed by atoms with Crippen LogP contribution in [-0.2, 0) is 19.1 Å². The second-order valence-corrected chi connectivity index (χ2v) is 12.1. The van der Waals surface area contributed by atoms with Crippen molar-refractivity contribution in [1.29, 1.82) is 0 Å². The lowest BCUT2D eigenvalue weighted by Crippen LogP contribution is -2.69. The van der Waals surface area contributed by atoms with Gasteiger partial charge >= 0.3 is 0 Å². The molecule has 0 bridgehead atoms. The number of ether oxygens (including phenoxy) is 1. The van der Waals surface area contributed by atoms with Gasteiger partial charge in [-0.15, -0.1) is 11.6 Å². The molecule has 1 aromatic rings. The Labute approximate surface area is 245 Å². The van der Waals surface area contributed by atoms with E-state index in [2.05, 4.69) is 0 Å². The molecule has 1 aromatic heterocycles. The molecule has 6 nitrogen and oxygen atoms in total. The Morgan fingerprint density at radius 3 is 2.38 bits per heavy atom. The lowest BCUT2D eigenvalue weighted by Gasteiger charge is -2.64. The highest BCUT2D eigenvalue weighted by Gasteiger charge is 2.75. The standard InChI is InChI=1S/C24H31ClO5.C5H6O.2C2H6/c1-5-19(28)24(30-13-26)14(2)10-18-17-7-6-15-11-16(27)8-9-21(15,3)23(17,25)20(29)12-22(18,24)4;1-5-2-3-6-4-5;2*1-2/h8-9,11,13-14,17-18,20,29H,5-7,10,12H2,1-4H3;2-4H,1H3;2*1-2H3/t14-,17?,18+,20?,21?,22?,23+,24+;;;/m1.../s1. The van der Waals surface area contributed by atoms with Crippen molar-refractivity contribution in [3.8, 4) is 0 Å². The van der Waals surface area contributed by atoms with Crippen molar-refractivity contribution in [2.75, 3.05) is 0 Å². The molecule has 4 unspecified atom stereocenters. The molecular formula is C33H49ClO6. The Morgan fingerprint density at radius 1 is 1.23 bits per heavy atom. The second-order valence-electron chi connectivity index (χ2n) is 11.4. The van der Waals surface area contributed by atoms with Crippen LogP contribution in [0.15, 0.2) is 46.8 Å². The highest BCUT2D eigenvalue weighted by molar-refractivity contribution is 6.26. The number of hydrogen-bond donors (Lipinski definition) is 1. The zero-order valence-electron chi connectivity index (χ0n) is 25.8. The van der Waals surface area contributed by atoms with Crippen LogP contribution < -0.4 is 0 Å². The van der Waals surface area contributed by atoms with E-state index in [1.165, 1.54) is 5.56 Å². The van der Waals surface area contributed by atoms with E-state index in [1.807, 2.05) is 67.5 Å². The van der Waals surface area contributed by atoms with Gasteiger partial charge in [-0.1, -0.05) is 67.0 Å². The van der Waals surface area contributed by atoms with E-state index in [4.69, 9.17) is 20.8 Å². The van der Waals surface area contributed by atoms with Gasteiger partial charge in [0.25, 0.3) is 6.47 Å². The number of alkyl halides is 1. The number of allylic oxidation sites excluding steroid dienone is 4. The van der Waals surface area contributed by atoms with E-state index in [0.717, 1.165) is 18.4 Å². The number of fused-ring (bicyclic) bond motifs is 5. The van der Waals surface area contributed by atoms with Gasteiger partial charge < -0.3 is 14.3 Å². The van der Waals surface area contributed by atoms with Crippen molar-refractivity contribution >= 4 is 29.6 Å². The van der Waals surface area contributed by atoms with E-state index in [9.17, 15) is 19.5 Å². The summed E-state index contributed by atoms with van der Waals surface area (Å²) < 4.78 is 10.4. The molecule has 1 N–H and O–H groups in total. The third-order valence-corrected chi connectivity index (χ3v) is 10.7. The van der Waals surface area contributed by atoms with Gasteiger partial charge in [-0.05, 0) is 68.2 Å². The quantitative estimate of drug-likeness (QED) is 0.296. The molecule has 0 saturated heterocycles. The maximum atomic E-state index is 13.2. The number of ketones is 2. The summed E-state index contributed by atoms with van der Waals surface area (Å²) in [5.41, 5.74) is -0.441. The maximum Gasteiger partial charge on any atom is 0.294 e. The number of aliphatic hydroxyl groups is 1. The average molecular weight is 577 g/mol. The molecule has 0 aromatic carbocycles. The topological polar surface area (TPSA) is 93.8 Å². The summed E-state index contributed by atoms with van der Waals surface area (Å²) >= 11 is 7.40. The molecular weight excluding hydrogens is 528 g/mol. The number of aliphatic hydroxyl groups excluding tert-OH is 1. The SMILES string of the molecule is CC.CC.CCC(=O)[C@@]1(OC=O)[C@H](C)C[C@H]2C3CCC4=CC(=O)C=CC4(C)[C@@]3(Cl)C(O)CC21C.Cc1ccoc1. The zero-order valence-corrected chi connectivity index (χ0v) is 26.5. The molecule has 3 fully saturated rings. The fraction of sp³-hybridized carbons (Fsp3) is 0.667. The first kappa shape index (κ1) is 34.0. The highest BCUT2D eigenvalue weighted by Crippen LogP contribution is 2.72. The van der Waals surface area contributed by atoms with Crippen LogP contribution in [0.2, 0.25) is 0 Å². The predicted molar refractivity (Wildman–Crippen MR) is 159 cm³/mol. The minimum absolute atomic E-state index is 0.0215. The van der Waals surface area contributed by atoms with Gasteiger partial charge in [0.2, 0.25) is 0 Å². The normalized spacial score (nSPS) is 38.8. The monoisotopic (exact) mass is 576 g/mol. The van der Waals surface area contributed by atoms with Crippen LogP contribution in [0.4, 0.5) is 0 Å². The second kappa shape index (κ2) is 13.2. The van der Waals surface area contributed by atoms with Crippen LogP contribution in [0.3, 0.4) is 0 Å². The van der Waals surface area contributed by atoms with Crippen molar-refractivity contribution in [3.05, 3.63) is 48.0 Å². The predicted octanol–water partition coefficient (Wildman–Crippen LogP) is 7.40. The van der Waals surface area contributed by atoms with Crippen molar-refractivity contribution in [1.82, 2.24) is 0 Å². The number of hydrogen-bond acceptors (Lipinski definition) is 6. The van der Waals surface area contributed by atoms with Crippen molar-refractivity contribution in [2.24, 2.45) is 28.6 Å². The van der Waals surface area contributed by atoms with Crippen molar-refractivity contribution in [2.45, 2.75) is 111 Å². The van der Waals surface area contributed by atoms with Gasteiger partial charge in [0, 0.05) is 23.2 Å². The Kier molecular flexibility index (Phi) is 11.2. The van der Waals surface area contributed by atoms with E-state index in [1.54, 1.807) is 31.6 Å². The average Bonchev–Trinajstić information content (AvgIpc) is 3.51. The Balaban J connectivity index is 0.000000482. The number of Topliss-reactive ketones (excluding diaryl/α,β-unsaturated/α-hetero) is 1. The summed E-state index contributed by atoms with van der Waals surface area (Å²) in [6.07, 6.45) is 10.2. The summed E-state index contributed by atoms with van der Waals surface area (Å²) in [6, 6.07) is 1.92. The number of rotatable bonds is 4. The molecule has 1 heterocycles. The number of furan rings is 1. The van der Waals surface area contributed by atoms with Gasteiger partial charge in [0.05, 0.1) is 23.5 Å². The van der Waals surface area contributed by atoms with Gasteiger partial charge in [-0.25, -0.2) is 0 Å². The first-order chi connectivity index (χ1) is 18.9. The molecule has 224 valence electrons. The van der Waals surface area contributed by atoms with E-state index in [-0.39, 0.29) is 42.2 Å². The van der Waals surface area contributed by atoms with Crippen LogP contribution >= 0.6 is 11.6 Å². The lowest BCUT2D eigenvalue weighted by molar-refractivity contribution is -0.192. The molecule has 3 saturated carbocycles. The van der Waals surface area contributed by atoms with Gasteiger partial charge in [0.15, 0.2) is 17.2 Å². The van der Waals surface area contributed by atoms with Crippen molar-refractivity contribution in [3.63, 3.8) is 0 Å².